The Hall–Kier alpha value is -1.34. The minimum Gasteiger partial charge on any atom is -0.428 e. The highest BCUT2D eigenvalue weighted by Gasteiger charge is 2.26. The molecule has 25 heavy (non-hydrogen) atoms. The van der Waals surface area contributed by atoms with Crippen molar-refractivity contribution in [2.75, 3.05) is 13.3 Å². The first-order chi connectivity index (χ1) is 11.1. The van der Waals surface area contributed by atoms with Crippen molar-refractivity contribution in [2.45, 2.75) is 32.2 Å². The largest absolute Gasteiger partial charge is 0.428 e. The van der Waals surface area contributed by atoms with Crippen LogP contribution in [0.2, 0.25) is 0 Å². The lowest BCUT2D eigenvalue weighted by Gasteiger charge is -2.25. The highest BCUT2D eigenvalue weighted by atomic mass is 35.5. The molecule has 0 heterocycles. The second-order valence-electron chi connectivity index (χ2n) is 5.87. The number of nitrogens with two attached hydrogens (primary N) is 2. The molecule has 8 heteroatoms. The van der Waals surface area contributed by atoms with Crippen LogP contribution in [0, 0.1) is 11.8 Å². The van der Waals surface area contributed by atoms with Gasteiger partial charge < -0.3 is 20.9 Å². The summed E-state index contributed by atoms with van der Waals surface area (Å²) in [5, 5.41) is 0. The Bertz CT molecular complexity index is 532. The van der Waals surface area contributed by atoms with E-state index in [0.717, 1.165) is 31.2 Å². The quantitative estimate of drug-likeness (QED) is 0.568. The summed E-state index contributed by atoms with van der Waals surface area (Å²) in [6.07, 6.45) is 3.47. The van der Waals surface area contributed by atoms with Crippen molar-refractivity contribution in [3.63, 3.8) is 0 Å². The smallest absolute Gasteiger partial charge is 0.340 e. The molecule has 0 aliphatic heterocycles. The van der Waals surface area contributed by atoms with E-state index in [0.29, 0.717) is 24.6 Å². The minimum absolute atomic E-state index is 0. The summed E-state index contributed by atoms with van der Waals surface area (Å²) < 4.78 is 10.0. The molecule has 0 amide bonds. The topological polar surface area (TPSA) is 105 Å². The molecule has 142 valence electrons. The molecule has 1 aromatic rings. The molecule has 6 nitrogen and oxygen atoms in total. The van der Waals surface area contributed by atoms with Gasteiger partial charge in [0.25, 0.3) is 0 Å². The molecule has 1 fully saturated rings. The van der Waals surface area contributed by atoms with Gasteiger partial charge in [-0.25, -0.2) is 4.79 Å². The maximum absolute atomic E-state index is 11.9. The van der Waals surface area contributed by atoms with Crippen LogP contribution in [0.4, 0.5) is 0 Å². The average Bonchev–Trinajstić information content (AvgIpc) is 2.61. The van der Waals surface area contributed by atoms with Gasteiger partial charge in [-0.05, 0) is 55.8 Å². The van der Waals surface area contributed by atoms with E-state index >= 15 is 0 Å². The third-order valence-corrected chi connectivity index (χ3v) is 4.33. The zero-order chi connectivity index (χ0) is 16.7. The van der Waals surface area contributed by atoms with Crippen LogP contribution < -0.4 is 11.5 Å². The highest BCUT2D eigenvalue weighted by Crippen LogP contribution is 2.28. The standard InChI is InChI=1S/C17H24N2O4.2ClH/c18-9-12-1-5-14(6-2-12)16(20)22-11-23-17(21)15-7-3-13(10-19)4-8-15;;/h1-2,5-6,13,15H,3-4,7-11,18-19H2;2*1H/t13-,15-;;. The van der Waals surface area contributed by atoms with Gasteiger partial charge in [-0.15, -0.1) is 24.8 Å². The maximum atomic E-state index is 11.9. The number of ether oxygens (including phenoxy) is 2. The van der Waals surface area contributed by atoms with E-state index in [1.807, 2.05) is 0 Å². The van der Waals surface area contributed by atoms with Crippen molar-refractivity contribution in [2.24, 2.45) is 23.3 Å². The summed E-state index contributed by atoms with van der Waals surface area (Å²) in [4.78, 5) is 23.8. The molecule has 1 aliphatic carbocycles. The molecule has 1 aromatic carbocycles. The second kappa shape index (κ2) is 12.1. The van der Waals surface area contributed by atoms with E-state index in [1.54, 1.807) is 24.3 Å². The van der Waals surface area contributed by atoms with Gasteiger partial charge in [0, 0.05) is 6.54 Å². The predicted octanol–water partition coefficient (Wildman–Crippen LogP) is 2.41. The Kier molecular flexibility index (Phi) is 11.4. The molecule has 0 aromatic heterocycles. The van der Waals surface area contributed by atoms with Gasteiger partial charge in [0.2, 0.25) is 6.79 Å². The van der Waals surface area contributed by atoms with Crippen molar-refractivity contribution in [3.8, 4) is 0 Å². The molecule has 0 unspecified atom stereocenters. The van der Waals surface area contributed by atoms with Crippen LogP contribution in [-0.4, -0.2) is 25.3 Å². The summed E-state index contributed by atoms with van der Waals surface area (Å²) in [6.45, 7) is 0.731. The Morgan fingerprint density at radius 2 is 1.56 bits per heavy atom. The highest BCUT2D eigenvalue weighted by molar-refractivity contribution is 5.89. The van der Waals surface area contributed by atoms with E-state index in [4.69, 9.17) is 20.9 Å². The van der Waals surface area contributed by atoms with Gasteiger partial charge in [-0.3, -0.25) is 4.79 Å². The molecule has 1 saturated carbocycles. The van der Waals surface area contributed by atoms with Crippen molar-refractivity contribution < 1.29 is 19.1 Å². The lowest BCUT2D eigenvalue weighted by Crippen LogP contribution is -2.27. The van der Waals surface area contributed by atoms with Crippen LogP contribution in [0.1, 0.15) is 41.6 Å². The minimum atomic E-state index is -0.520. The summed E-state index contributed by atoms with van der Waals surface area (Å²) in [5.74, 6) is -0.423. The fraction of sp³-hybridized carbons (Fsp3) is 0.529. The van der Waals surface area contributed by atoms with Crippen LogP contribution in [0.25, 0.3) is 0 Å². The van der Waals surface area contributed by atoms with Gasteiger partial charge in [-0.1, -0.05) is 12.1 Å². The molecule has 0 radical (unpaired) electrons. The average molecular weight is 393 g/mol. The number of carbonyl (C=O) groups is 2. The molecule has 2 rings (SSSR count). The van der Waals surface area contributed by atoms with Gasteiger partial charge >= 0.3 is 11.9 Å². The number of benzene rings is 1. The summed E-state index contributed by atoms with van der Waals surface area (Å²) >= 11 is 0. The lowest BCUT2D eigenvalue weighted by molar-refractivity contribution is -0.158. The number of hydrogen-bond acceptors (Lipinski definition) is 6. The van der Waals surface area contributed by atoms with Crippen molar-refractivity contribution in [3.05, 3.63) is 35.4 Å². The van der Waals surface area contributed by atoms with E-state index in [1.165, 1.54) is 0 Å². The Morgan fingerprint density at radius 3 is 2.08 bits per heavy atom. The first kappa shape index (κ1) is 23.7. The Balaban J connectivity index is 0.00000288. The van der Waals surface area contributed by atoms with E-state index < -0.39 is 5.97 Å². The van der Waals surface area contributed by atoms with Crippen molar-refractivity contribution >= 4 is 36.8 Å². The molecular weight excluding hydrogens is 367 g/mol. The monoisotopic (exact) mass is 392 g/mol. The number of rotatable bonds is 6. The van der Waals surface area contributed by atoms with E-state index in [-0.39, 0.29) is 43.5 Å². The molecule has 0 saturated heterocycles. The number of halogens is 2. The van der Waals surface area contributed by atoms with Crippen LogP contribution in [0.3, 0.4) is 0 Å². The van der Waals surface area contributed by atoms with Gasteiger partial charge in [0.15, 0.2) is 0 Å². The lowest BCUT2D eigenvalue weighted by atomic mass is 9.82. The van der Waals surface area contributed by atoms with Crippen LogP contribution in [-0.2, 0) is 20.8 Å². The van der Waals surface area contributed by atoms with E-state index in [2.05, 4.69) is 0 Å². The number of carbonyl (C=O) groups excluding carboxylic acids is 2. The van der Waals surface area contributed by atoms with Gasteiger partial charge in [-0.2, -0.15) is 0 Å². The summed E-state index contributed by atoms with van der Waals surface area (Å²) in [5.41, 5.74) is 12.5. The van der Waals surface area contributed by atoms with Crippen LogP contribution in [0.5, 0.6) is 0 Å². The predicted molar refractivity (Wildman–Crippen MR) is 99.7 cm³/mol. The Labute approximate surface area is 160 Å². The Morgan fingerprint density at radius 1 is 0.960 bits per heavy atom. The molecule has 0 bridgehead atoms. The second-order valence-corrected chi connectivity index (χ2v) is 5.87. The van der Waals surface area contributed by atoms with Gasteiger partial charge in [0.05, 0.1) is 11.5 Å². The normalized spacial score (nSPS) is 19.1. The first-order valence-electron chi connectivity index (χ1n) is 7.97. The molecular formula is C17H26Cl2N2O4. The summed E-state index contributed by atoms with van der Waals surface area (Å²) in [7, 11) is 0. The zero-order valence-corrected chi connectivity index (χ0v) is 15.7. The third kappa shape index (κ3) is 7.20. The first-order valence-corrected chi connectivity index (χ1v) is 7.97. The molecule has 0 atom stereocenters. The van der Waals surface area contributed by atoms with Crippen LogP contribution >= 0.6 is 24.8 Å². The van der Waals surface area contributed by atoms with Crippen molar-refractivity contribution in [1.29, 1.82) is 0 Å². The maximum Gasteiger partial charge on any atom is 0.340 e. The van der Waals surface area contributed by atoms with Crippen molar-refractivity contribution in [1.82, 2.24) is 0 Å². The van der Waals surface area contributed by atoms with Gasteiger partial charge in [0.1, 0.15) is 0 Å². The molecule has 0 spiro atoms. The zero-order valence-electron chi connectivity index (χ0n) is 14.0. The third-order valence-electron chi connectivity index (χ3n) is 4.33. The number of esters is 2. The number of hydrogen-bond donors (Lipinski definition) is 2. The SMILES string of the molecule is Cl.Cl.NCc1ccc(C(=O)OCOC(=O)[C@H]2CC[C@H](CN)CC2)cc1. The van der Waals surface area contributed by atoms with E-state index in [9.17, 15) is 9.59 Å². The molecule has 1 aliphatic rings. The fourth-order valence-electron chi connectivity index (χ4n) is 2.75. The summed E-state index contributed by atoms with van der Waals surface area (Å²) in [6, 6.07) is 6.80. The van der Waals surface area contributed by atoms with Crippen LogP contribution in [0.15, 0.2) is 24.3 Å². The fourth-order valence-corrected chi connectivity index (χ4v) is 2.75. The molecule has 4 N–H and O–H groups in total.